The third-order valence-electron chi connectivity index (χ3n) is 6.67. The van der Waals surface area contributed by atoms with E-state index in [1.807, 2.05) is 24.3 Å². The Labute approximate surface area is 214 Å². The number of likely N-dealkylation sites (tertiary alicyclic amines) is 1. The van der Waals surface area contributed by atoms with E-state index in [1.54, 1.807) is 35.5 Å². The smallest absolute Gasteiger partial charge is 0.293 e. The SMILES string of the molecule is O=[N+]([O-])c1cc(-c2ncccn2)ccc1NCCc1ccc(CCN2CC(O)C(O)C(O)C2CO)cc1. The maximum Gasteiger partial charge on any atom is 0.293 e. The van der Waals surface area contributed by atoms with Crippen molar-refractivity contribution in [2.45, 2.75) is 37.2 Å². The number of nitro benzene ring substituents is 1. The number of rotatable bonds is 10. The van der Waals surface area contributed by atoms with Crippen molar-refractivity contribution in [2.75, 3.05) is 31.6 Å². The lowest BCUT2D eigenvalue weighted by atomic mass is 9.93. The largest absolute Gasteiger partial charge is 0.395 e. The number of nitrogens with zero attached hydrogens (tertiary/aromatic N) is 4. The van der Waals surface area contributed by atoms with Gasteiger partial charge in [0.05, 0.1) is 23.7 Å². The van der Waals surface area contributed by atoms with Crippen LogP contribution in [-0.2, 0) is 12.8 Å². The fourth-order valence-electron chi connectivity index (χ4n) is 4.54. The summed E-state index contributed by atoms with van der Waals surface area (Å²) in [4.78, 5) is 21.3. The van der Waals surface area contributed by atoms with Gasteiger partial charge in [-0.15, -0.1) is 0 Å². The Morgan fingerprint density at radius 2 is 1.68 bits per heavy atom. The molecule has 1 fully saturated rings. The van der Waals surface area contributed by atoms with Crippen molar-refractivity contribution < 1.29 is 25.3 Å². The number of β-amino-alcohol motifs (C(OH)–C–C–N with tert-alkyl or cyclic N) is 1. The molecule has 1 aliphatic heterocycles. The summed E-state index contributed by atoms with van der Waals surface area (Å²) in [7, 11) is 0. The van der Waals surface area contributed by atoms with Crippen molar-refractivity contribution in [3.8, 4) is 11.4 Å². The van der Waals surface area contributed by atoms with E-state index in [4.69, 9.17) is 0 Å². The minimum absolute atomic E-state index is 0.0399. The Bertz CT molecular complexity index is 1180. The number of aromatic nitrogens is 2. The van der Waals surface area contributed by atoms with Crippen molar-refractivity contribution in [2.24, 2.45) is 0 Å². The zero-order valence-electron chi connectivity index (χ0n) is 20.2. The zero-order chi connectivity index (χ0) is 26.4. The molecule has 4 unspecified atom stereocenters. The van der Waals surface area contributed by atoms with Crippen LogP contribution in [0.4, 0.5) is 11.4 Å². The summed E-state index contributed by atoms with van der Waals surface area (Å²) in [6.07, 6.45) is 0.952. The average molecular weight is 510 g/mol. The van der Waals surface area contributed by atoms with Crippen LogP contribution < -0.4 is 5.32 Å². The second kappa shape index (κ2) is 12.2. The average Bonchev–Trinajstić information content (AvgIpc) is 2.92. The van der Waals surface area contributed by atoms with E-state index in [0.29, 0.717) is 43.0 Å². The summed E-state index contributed by atoms with van der Waals surface area (Å²) in [5.74, 6) is 0.425. The van der Waals surface area contributed by atoms with Gasteiger partial charge in [-0.25, -0.2) is 9.97 Å². The molecule has 0 spiro atoms. The first kappa shape index (κ1) is 26.6. The molecular weight excluding hydrogens is 478 g/mol. The molecule has 0 radical (unpaired) electrons. The molecule has 4 atom stereocenters. The minimum Gasteiger partial charge on any atom is -0.395 e. The molecule has 0 aliphatic carbocycles. The molecular formula is C26H31N5O6. The highest BCUT2D eigenvalue weighted by Crippen LogP contribution is 2.29. The van der Waals surface area contributed by atoms with Gasteiger partial charge in [-0.1, -0.05) is 24.3 Å². The number of anilines is 1. The molecule has 11 nitrogen and oxygen atoms in total. The molecule has 0 saturated carbocycles. The van der Waals surface area contributed by atoms with Gasteiger partial charge in [0, 0.05) is 43.7 Å². The number of aliphatic hydroxyl groups excluding tert-OH is 4. The Hall–Kier alpha value is -3.48. The second-order valence-corrected chi connectivity index (χ2v) is 9.10. The molecule has 3 aromatic rings. The first-order valence-corrected chi connectivity index (χ1v) is 12.1. The Morgan fingerprint density at radius 3 is 2.32 bits per heavy atom. The maximum atomic E-state index is 11.6. The van der Waals surface area contributed by atoms with Gasteiger partial charge in [0.25, 0.3) is 5.69 Å². The van der Waals surface area contributed by atoms with Crippen LogP contribution in [0.3, 0.4) is 0 Å². The molecule has 4 rings (SSSR count). The summed E-state index contributed by atoms with van der Waals surface area (Å²) in [6.45, 7) is 0.891. The van der Waals surface area contributed by atoms with Gasteiger partial charge in [0.15, 0.2) is 5.82 Å². The maximum absolute atomic E-state index is 11.6. The molecule has 1 aromatic heterocycles. The van der Waals surface area contributed by atoms with Crippen molar-refractivity contribution in [1.82, 2.24) is 14.9 Å². The van der Waals surface area contributed by atoms with Crippen LogP contribution in [0.2, 0.25) is 0 Å². The predicted octanol–water partition coefficient (Wildman–Crippen LogP) is 1.01. The molecule has 11 heteroatoms. The number of hydrogen-bond acceptors (Lipinski definition) is 10. The van der Waals surface area contributed by atoms with Crippen molar-refractivity contribution >= 4 is 11.4 Å². The van der Waals surface area contributed by atoms with Gasteiger partial charge < -0.3 is 25.7 Å². The van der Waals surface area contributed by atoms with Gasteiger partial charge in [-0.3, -0.25) is 15.0 Å². The molecule has 5 N–H and O–H groups in total. The normalized spacial score (nSPS) is 22.1. The standard InChI is InChI=1S/C26H31N5O6/c32-16-22-24(34)25(35)23(33)15-30(22)13-9-18-4-2-17(3-5-18)8-12-27-20-7-6-19(14-21(20)31(36)37)26-28-10-1-11-29-26/h1-7,10-11,14,22-25,27,32-35H,8-9,12-13,15-16H2. The predicted molar refractivity (Wildman–Crippen MR) is 137 cm³/mol. The summed E-state index contributed by atoms with van der Waals surface area (Å²) in [5, 5.41) is 54.3. The van der Waals surface area contributed by atoms with Gasteiger partial charge in [-0.05, 0) is 42.2 Å². The Morgan fingerprint density at radius 1 is 1.00 bits per heavy atom. The summed E-state index contributed by atoms with van der Waals surface area (Å²) < 4.78 is 0. The minimum atomic E-state index is -1.27. The molecule has 2 aromatic carbocycles. The van der Waals surface area contributed by atoms with Crippen LogP contribution in [0, 0.1) is 10.1 Å². The number of hydrogen-bond donors (Lipinski definition) is 5. The monoisotopic (exact) mass is 509 g/mol. The zero-order valence-corrected chi connectivity index (χ0v) is 20.2. The number of nitrogens with one attached hydrogen (secondary N) is 1. The number of benzene rings is 2. The summed E-state index contributed by atoms with van der Waals surface area (Å²) >= 11 is 0. The highest BCUT2D eigenvalue weighted by Gasteiger charge is 2.40. The van der Waals surface area contributed by atoms with Gasteiger partial charge >= 0.3 is 0 Å². The van der Waals surface area contributed by atoms with Crippen LogP contribution in [0.1, 0.15) is 11.1 Å². The van der Waals surface area contributed by atoms with Crippen molar-refractivity contribution in [3.63, 3.8) is 0 Å². The second-order valence-electron chi connectivity index (χ2n) is 9.10. The number of piperidine rings is 1. The van der Waals surface area contributed by atoms with Gasteiger partial charge in [0.1, 0.15) is 17.9 Å². The summed E-state index contributed by atoms with van der Waals surface area (Å²) in [6, 6.07) is 13.9. The summed E-state index contributed by atoms with van der Waals surface area (Å²) in [5.41, 5.74) is 3.08. The van der Waals surface area contributed by atoms with E-state index >= 15 is 0 Å². The van der Waals surface area contributed by atoms with E-state index < -0.39 is 29.3 Å². The van der Waals surface area contributed by atoms with E-state index in [1.165, 1.54) is 6.07 Å². The molecule has 0 amide bonds. The van der Waals surface area contributed by atoms with E-state index in [9.17, 15) is 30.5 Å². The molecule has 2 heterocycles. The number of aliphatic hydroxyl groups is 4. The van der Waals surface area contributed by atoms with Crippen LogP contribution in [0.25, 0.3) is 11.4 Å². The van der Waals surface area contributed by atoms with Crippen molar-refractivity contribution in [1.29, 1.82) is 0 Å². The Balaban J connectivity index is 1.31. The van der Waals surface area contributed by atoms with Gasteiger partial charge in [-0.2, -0.15) is 0 Å². The van der Waals surface area contributed by atoms with Crippen LogP contribution in [-0.4, -0.2) is 90.8 Å². The third-order valence-corrected chi connectivity index (χ3v) is 6.67. The molecule has 196 valence electrons. The van der Waals surface area contributed by atoms with Crippen molar-refractivity contribution in [3.05, 3.63) is 82.2 Å². The third kappa shape index (κ3) is 6.45. The van der Waals surface area contributed by atoms with Crippen LogP contribution in [0.5, 0.6) is 0 Å². The highest BCUT2D eigenvalue weighted by molar-refractivity contribution is 5.70. The lowest BCUT2D eigenvalue weighted by Gasteiger charge is -2.43. The number of nitro groups is 1. The molecule has 37 heavy (non-hydrogen) atoms. The van der Waals surface area contributed by atoms with E-state index in [-0.39, 0.29) is 18.8 Å². The first-order valence-electron chi connectivity index (χ1n) is 12.1. The van der Waals surface area contributed by atoms with Crippen LogP contribution >= 0.6 is 0 Å². The fraction of sp³-hybridized carbons (Fsp3) is 0.385. The lowest BCUT2D eigenvalue weighted by molar-refractivity contribution is -0.383. The fourth-order valence-corrected chi connectivity index (χ4v) is 4.54. The van der Waals surface area contributed by atoms with E-state index in [0.717, 1.165) is 11.1 Å². The molecule has 0 bridgehead atoms. The Kier molecular flexibility index (Phi) is 8.74. The van der Waals surface area contributed by atoms with Gasteiger partial charge in [0.2, 0.25) is 0 Å². The molecule has 1 aliphatic rings. The topological polar surface area (TPSA) is 165 Å². The van der Waals surface area contributed by atoms with Crippen LogP contribution in [0.15, 0.2) is 60.9 Å². The first-order chi connectivity index (χ1) is 17.9. The molecule has 1 saturated heterocycles. The van der Waals surface area contributed by atoms with E-state index in [2.05, 4.69) is 15.3 Å². The lowest BCUT2D eigenvalue weighted by Crippen LogP contribution is -2.62. The highest BCUT2D eigenvalue weighted by atomic mass is 16.6. The quantitative estimate of drug-likeness (QED) is 0.197.